The van der Waals surface area contributed by atoms with Crippen molar-refractivity contribution >= 4 is 10.0 Å². The number of sulfonamides is 1. The second-order valence-corrected chi connectivity index (χ2v) is 7.07. The molecule has 1 saturated carbocycles. The molecule has 8 heteroatoms. The number of nitrogens with zero attached hydrogens (tertiary/aromatic N) is 2. The average molecular weight is 301 g/mol. The fraction of sp³-hybridized carbons (Fsp3) is 0.750. The minimum Gasteiger partial charge on any atom is -0.348 e. The first kappa shape index (κ1) is 14.0. The van der Waals surface area contributed by atoms with Gasteiger partial charge in [-0.25, -0.2) is 13.1 Å². The number of aryl methyl sites for hydroxylation is 1. The lowest BCUT2D eigenvalue weighted by atomic mass is 9.91. The van der Waals surface area contributed by atoms with Crippen LogP contribution in [0.15, 0.2) is 17.3 Å². The molecule has 0 unspecified atom stereocenters. The zero-order valence-electron chi connectivity index (χ0n) is 11.4. The highest BCUT2D eigenvalue weighted by Gasteiger charge is 2.41. The van der Waals surface area contributed by atoms with Gasteiger partial charge in [-0.2, -0.15) is 5.10 Å². The van der Waals surface area contributed by atoms with Crippen LogP contribution < -0.4 is 4.72 Å². The normalized spacial score (nSPS) is 23.4. The summed E-state index contributed by atoms with van der Waals surface area (Å²) in [7, 11) is -1.80. The zero-order chi connectivity index (χ0) is 14.2. The summed E-state index contributed by atoms with van der Waals surface area (Å²) in [5.41, 5.74) is 0. The number of hydrogen-bond acceptors (Lipinski definition) is 5. The number of hydrogen-bond donors (Lipinski definition) is 1. The van der Waals surface area contributed by atoms with Crippen molar-refractivity contribution in [3.8, 4) is 0 Å². The van der Waals surface area contributed by atoms with E-state index in [9.17, 15) is 8.42 Å². The Bertz CT molecular complexity index is 567. The van der Waals surface area contributed by atoms with Crippen LogP contribution in [0.1, 0.15) is 25.7 Å². The minimum absolute atomic E-state index is 0.0707. The lowest BCUT2D eigenvalue weighted by molar-refractivity contribution is -0.178. The van der Waals surface area contributed by atoms with Crippen LogP contribution in [-0.2, 0) is 26.5 Å². The molecule has 7 nitrogen and oxygen atoms in total. The average Bonchev–Trinajstić information content (AvgIpc) is 3.03. The smallest absolute Gasteiger partial charge is 0.243 e. The number of ether oxygens (including phenoxy) is 2. The highest BCUT2D eigenvalue weighted by molar-refractivity contribution is 7.89. The Kier molecular flexibility index (Phi) is 3.57. The monoisotopic (exact) mass is 301 g/mol. The molecule has 1 aliphatic heterocycles. The van der Waals surface area contributed by atoms with E-state index in [0.29, 0.717) is 13.2 Å². The third-order valence-electron chi connectivity index (χ3n) is 3.87. The van der Waals surface area contributed by atoms with E-state index in [1.807, 2.05) is 0 Å². The summed E-state index contributed by atoms with van der Waals surface area (Å²) >= 11 is 0. The molecule has 0 radical (unpaired) electrons. The fourth-order valence-electron chi connectivity index (χ4n) is 2.79. The van der Waals surface area contributed by atoms with E-state index in [4.69, 9.17) is 9.47 Å². The summed E-state index contributed by atoms with van der Waals surface area (Å²) in [4.78, 5) is 0.202. The second kappa shape index (κ2) is 5.10. The molecule has 0 aromatic carbocycles. The van der Waals surface area contributed by atoms with Crippen LogP contribution in [0, 0.1) is 0 Å². The van der Waals surface area contributed by atoms with E-state index in [0.717, 1.165) is 25.7 Å². The first-order valence-corrected chi connectivity index (χ1v) is 8.26. The van der Waals surface area contributed by atoms with E-state index in [1.165, 1.54) is 17.1 Å². The van der Waals surface area contributed by atoms with Gasteiger partial charge in [-0.1, -0.05) is 0 Å². The number of aromatic nitrogens is 2. The van der Waals surface area contributed by atoms with E-state index < -0.39 is 15.8 Å². The predicted molar refractivity (Wildman–Crippen MR) is 70.4 cm³/mol. The van der Waals surface area contributed by atoms with E-state index in [-0.39, 0.29) is 10.9 Å². The van der Waals surface area contributed by atoms with E-state index in [2.05, 4.69) is 9.82 Å². The van der Waals surface area contributed by atoms with E-state index >= 15 is 0 Å². The van der Waals surface area contributed by atoms with Gasteiger partial charge in [0.25, 0.3) is 0 Å². The van der Waals surface area contributed by atoms with Crippen molar-refractivity contribution in [3.05, 3.63) is 12.4 Å². The Labute approximate surface area is 118 Å². The number of nitrogens with one attached hydrogen (secondary N) is 1. The molecule has 1 N–H and O–H groups in total. The fourth-order valence-corrected chi connectivity index (χ4v) is 4.07. The van der Waals surface area contributed by atoms with Gasteiger partial charge in [0.05, 0.1) is 19.4 Å². The van der Waals surface area contributed by atoms with Crippen LogP contribution in [0.2, 0.25) is 0 Å². The van der Waals surface area contributed by atoms with Crippen LogP contribution in [0.5, 0.6) is 0 Å². The van der Waals surface area contributed by atoms with Gasteiger partial charge < -0.3 is 9.47 Å². The van der Waals surface area contributed by atoms with Crippen molar-refractivity contribution in [2.45, 2.75) is 42.4 Å². The lowest BCUT2D eigenvalue weighted by Gasteiger charge is -2.35. The van der Waals surface area contributed by atoms with E-state index in [1.54, 1.807) is 7.05 Å². The predicted octanol–water partition coefficient (Wildman–Crippen LogP) is 0.384. The Hall–Kier alpha value is -0.960. The molecule has 0 bridgehead atoms. The molecule has 2 fully saturated rings. The Morgan fingerprint density at radius 1 is 1.35 bits per heavy atom. The molecule has 2 aliphatic rings. The molecular formula is C12H19N3O4S. The maximum absolute atomic E-state index is 12.2. The molecule has 2 heterocycles. The highest BCUT2D eigenvalue weighted by atomic mass is 32.2. The molecule has 1 aromatic heterocycles. The summed E-state index contributed by atoms with van der Waals surface area (Å²) in [6.07, 6.45) is 5.76. The molecule has 1 aromatic rings. The van der Waals surface area contributed by atoms with Gasteiger partial charge in [0.2, 0.25) is 10.0 Å². The molecule has 1 aliphatic carbocycles. The van der Waals surface area contributed by atoms with Crippen LogP contribution in [-0.4, -0.2) is 43.2 Å². The molecule has 112 valence electrons. The third kappa shape index (κ3) is 2.73. The highest BCUT2D eigenvalue weighted by Crippen LogP contribution is 2.36. The Balaban J connectivity index is 1.62. The van der Waals surface area contributed by atoms with Gasteiger partial charge in [-0.3, -0.25) is 4.68 Å². The van der Waals surface area contributed by atoms with Crippen molar-refractivity contribution in [2.24, 2.45) is 7.05 Å². The number of rotatable bonds is 3. The van der Waals surface area contributed by atoms with Gasteiger partial charge in [0, 0.05) is 32.1 Å². The Morgan fingerprint density at radius 2 is 2.00 bits per heavy atom. The SMILES string of the molecule is Cn1cc(S(=O)(=O)NC2CCC3(CC2)OCCO3)cn1. The summed E-state index contributed by atoms with van der Waals surface area (Å²) in [6.45, 7) is 1.26. The second-order valence-electron chi connectivity index (χ2n) is 5.35. The van der Waals surface area contributed by atoms with Crippen molar-refractivity contribution in [1.29, 1.82) is 0 Å². The lowest BCUT2D eigenvalue weighted by Crippen LogP contribution is -2.43. The van der Waals surface area contributed by atoms with Crippen molar-refractivity contribution < 1.29 is 17.9 Å². The Morgan fingerprint density at radius 3 is 2.55 bits per heavy atom. The topological polar surface area (TPSA) is 82.5 Å². The molecule has 3 rings (SSSR count). The van der Waals surface area contributed by atoms with Crippen molar-refractivity contribution in [1.82, 2.24) is 14.5 Å². The first-order chi connectivity index (χ1) is 9.49. The standard InChI is InChI=1S/C12H19N3O4S/c1-15-9-11(8-13-15)20(16,17)14-10-2-4-12(5-3-10)18-6-7-19-12/h8-10,14H,2-7H2,1H3. The van der Waals surface area contributed by atoms with Gasteiger partial charge in [-0.15, -0.1) is 0 Å². The van der Waals surface area contributed by atoms with Crippen LogP contribution >= 0.6 is 0 Å². The molecular weight excluding hydrogens is 282 g/mol. The van der Waals surface area contributed by atoms with Gasteiger partial charge >= 0.3 is 0 Å². The quantitative estimate of drug-likeness (QED) is 0.873. The van der Waals surface area contributed by atoms with Crippen LogP contribution in [0.25, 0.3) is 0 Å². The zero-order valence-corrected chi connectivity index (χ0v) is 12.2. The molecule has 0 amide bonds. The summed E-state index contributed by atoms with van der Waals surface area (Å²) in [5.74, 6) is -0.462. The van der Waals surface area contributed by atoms with Crippen molar-refractivity contribution in [3.63, 3.8) is 0 Å². The molecule has 1 saturated heterocycles. The maximum Gasteiger partial charge on any atom is 0.243 e. The van der Waals surface area contributed by atoms with Gasteiger partial charge in [0.15, 0.2) is 5.79 Å². The minimum atomic E-state index is -3.49. The largest absolute Gasteiger partial charge is 0.348 e. The molecule has 1 spiro atoms. The van der Waals surface area contributed by atoms with Gasteiger partial charge in [0.1, 0.15) is 4.90 Å². The summed E-state index contributed by atoms with van der Waals surface area (Å²) in [6, 6.07) is -0.0707. The van der Waals surface area contributed by atoms with Crippen LogP contribution in [0.3, 0.4) is 0 Å². The third-order valence-corrected chi connectivity index (χ3v) is 5.35. The maximum atomic E-state index is 12.2. The van der Waals surface area contributed by atoms with Crippen molar-refractivity contribution in [2.75, 3.05) is 13.2 Å². The molecule has 20 heavy (non-hydrogen) atoms. The van der Waals surface area contributed by atoms with Gasteiger partial charge in [-0.05, 0) is 12.8 Å². The summed E-state index contributed by atoms with van der Waals surface area (Å²) in [5, 5.41) is 3.89. The molecule has 0 atom stereocenters. The summed E-state index contributed by atoms with van der Waals surface area (Å²) < 4.78 is 39.9. The van der Waals surface area contributed by atoms with Crippen LogP contribution in [0.4, 0.5) is 0 Å². The first-order valence-electron chi connectivity index (χ1n) is 6.78.